The monoisotopic (exact) mass is 340 g/mol. The summed E-state index contributed by atoms with van der Waals surface area (Å²) < 4.78 is 29.6. The number of aromatic nitrogens is 2. The number of nitrogens with zero attached hydrogens (tertiary/aromatic N) is 3. The summed E-state index contributed by atoms with van der Waals surface area (Å²) in [6.45, 7) is 6.56. The fourth-order valence-electron chi connectivity index (χ4n) is 3.52. The SMILES string of the molecule is CCc1nn(C)c(CC)c1CN1CC[C@@H](S(=O)(=O)NC2CC2)C1. The third-order valence-corrected chi connectivity index (χ3v) is 6.91. The molecule has 7 heteroatoms. The predicted molar refractivity (Wildman–Crippen MR) is 90.7 cm³/mol. The van der Waals surface area contributed by atoms with Crippen LogP contribution >= 0.6 is 0 Å². The molecule has 0 bridgehead atoms. The molecule has 2 fully saturated rings. The molecule has 130 valence electrons. The van der Waals surface area contributed by atoms with Crippen LogP contribution < -0.4 is 4.72 Å². The van der Waals surface area contributed by atoms with Crippen LogP contribution in [-0.2, 0) is 36.5 Å². The van der Waals surface area contributed by atoms with Crippen molar-refractivity contribution in [1.82, 2.24) is 19.4 Å². The van der Waals surface area contributed by atoms with Crippen molar-refractivity contribution in [1.29, 1.82) is 0 Å². The zero-order valence-corrected chi connectivity index (χ0v) is 15.2. The minimum Gasteiger partial charge on any atom is -0.298 e. The molecule has 1 aromatic rings. The summed E-state index contributed by atoms with van der Waals surface area (Å²) in [6.07, 6.45) is 4.58. The van der Waals surface area contributed by atoms with Crippen LogP contribution in [0.3, 0.4) is 0 Å². The molecular weight excluding hydrogens is 312 g/mol. The van der Waals surface area contributed by atoms with Crippen LogP contribution in [0.15, 0.2) is 0 Å². The molecule has 2 aliphatic rings. The Labute approximate surface area is 139 Å². The molecule has 1 aromatic heterocycles. The molecule has 0 unspecified atom stereocenters. The standard InChI is InChI=1S/C16H28N4O2S/c1-4-15-14(16(5-2)19(3)17-15)11-20-9-8-13(10-20)23(21,22)18-12-6-7-12/h12-13,18H,4-11H2,1-3H3/t13-/m1/s1. The van der Waals surface area contributed by atoms with Crippen LogP contribution in [0.4, 0.5) is 0 Å². The second-order valence-corrected chi connectivity index (χ2v) is 8.78. The van der Waals surface area contributed by atoms with E-state index < -0.39 is 10.0 Å². The third-order valence-electron chi connectivity index (χ3n) is 4.99. The maximum Gasteiger partial charge on any atom is 0.216 e. The average Bonchev–Trinajstić information content (AvgIpc) is 3.07. The van der Waals surface area contributed by atoms with Gasteiger partial charge in [0.2, 0.25) is 10.0 Å². The highest BCUT2D eigenvalue weighted by atomic mass is 32.2. The molecule has 0 aromatic carbocycles. The van der Waals surface area contributed by atoms with Gasteiger partial charge in [0.15, 0.2) is 0 Å². The molecule has 6 nitrogen and oxygen atoms in total. The van der Waals surface area contributed by atoms with E-state index in [1.165, 1.54) is 11.3 Å². The molecule has 1 aliphatic carbocycles. The third kappa shape index (κ3) is 3.61. The van der Waals surface area contributed by atoms with Crippen LogP contribution in [0.5, 0.6) is 0 Å². The van der Waals surface area contributed by atoms with Crippen molar-refractivity contribution in [3.05, 3.63) is 17.0 Å². The Balaban J connectivity index is 1.68. The van der Waals surface area contributed by atoms with Gasteiger partial charge in [0.1, 0.15) is 0 Å². The molecule has 3 rings (SSSR count). The Morgan fingerprint density at radius 3 is 2.57 bits per heavy atom. The molecule has 2 heterocycles. The first-order valence-electron chi connectivity index (χ1n) is 8.71. The first-order chi connectivity index (χ1) is 10.9. The highest BCUT2D eigenvalue weighted by Gasteiger charge is 2.37. The Hall–Kier alpha value is -0.920. The topological polar surface area (TPSA) is 67.2 Å². The van der Waals surface area contributed by atoms with E-state index >= 15 is 0 Å². The number of sulfonamides is 1. The molecule has 23 heavy (non-hydrogen) atoms. The summed E-state index contributed by atoms with van der Waals surface area (Å²) in [5.41, 5.74) is 3.71. The lowest BCUT2D eigenvalue weighted by molar-refractivity contribution is 0.329. The number of likely N-dealkylation sites (tertiary alicyclic amines) is 1. The minimum absolute atomic E-state index is 0.200. The van der Waals surface area contributed by atoms with E-state index in [1.54, 1.807) is 0 Å². The number of aryl methyl sites for hydroxylation is 2. The van der Waals surface area contributed by atoms with E-state index in [-0.39, 0.29) is 11.3 Å². The highest BCUT2D eigenvalue weighted by Crippen LogP contribution is 2.25. The maximum atomic E-state index is 12.4. The molecule has 0 amide bonds. The van der Waals surface area contributed by atoms with Crippen molar-refractivity contribution in [2.45, 2.75) is 63.8 Å². The van der Waals surface area contributed by atoms with Gasteiger partial charge in [0, 0.05) is 37.4 Å². The summed E-state index contributed by atoms with van der Waals surface area (Å²) >= 11 is 0. The fraction of sp³-hybridized carbons (Fsp3) is 0.812. The molecule has 1 saturated heterocycles. The Bertz CT molecular complexity index is 664. The maximum absolute atomic E-state index is 12.4. The van der Waals surface area contributed by atoms with Gasteiger partial charge in [0.05, 0.1) is 10.9 Å². The predicted octanol–water partition coefficient (Wildman–Crippen LogP) is 1.20. The molecule has 1 atom stereocenters. The molecule has 1 N–H and O–H groups in total. The van der Waals surface area contributed by atoms with Crippen LogP contribution in [0.25, 0.3) is 0 Å². The lowest BCUT2D eigenvalue weighted by atomic mass is 10.1. The minimum atomic E-state index is -3.16. The molecule has 1 aliphatic heterocycles. The van der Waals surface area contributed by atoms with Crippen LogP contribution in [0.2, 0.25) is 0 Å². The highest BCUT2D eigenvalue weighted by molar-refractivity contribution is 7.90. The van der Waals surface area contributed by atoms with Crippen LogP contribution in [-0.4, -0.2) is 47.5 Å². The van der Waals surface area contributed by atoms with Gasteiger partial charge in [-0.15, -0.1) is 0 Å². The van der Waals surface area contributed by atoms with E-state index in [1.807, 2.05) is 11.7 Å². The zero-order valence-electron chi connectivity index (χ0n) is 14.4. The number of hydrogen-bond donors (Lipinski definition) is 1. The van der Waals surface area contributed by atoms with Gasteiger partial charge in [-0.05, 0) is 38.6 Å². The van der Waals surface area contributed by atoms with Crippen molar-refractivity contribution < 1.29 is 8.42 Å². The van der Waals surface area contributed by atoms with E-state index in [2.05, 4.69) is 28.6 Å². The van der Waals surface area contributed by atoms with Gasteiger partial charge >= 0.3 is 0 Å². The van der Waals surface area contributed by atoms with E-state index in [4.69, 9.17) is 0 Å². The Morgan fingerprint density at radius 1 is 1.22 bits per heavy atom. The van der Waals surface area contributed by atoms with Crippen molar-refractivity contribution in [3.63, 3.8) is 0 Å². The van der Waals surface area contributed by atoms with Gasteiger partial charge in [0.25, 0.3) is 0 Å². The number of nitrogens with one attached hydrogen (secondary N) is 1. The average molecular weight is 340 g/mol. The summed E-state index contributed by atoms with van der Waals surface area (Å²) in [6, 6.07) is 0.200. The first-order valence-corrected chi connectivity index (χ1v) is 10.3. The van der Waals surface area contributed by atoms with Gasteiger partial charge in [-0.1, -0.05) is 13.8 Å². The van der Waals surface area contributed by atoms with E-state index in [0.29, 0.717) is 6.54 Å². The van der Waals surface area contributed by atoms with E-state index in [9.17, 15) is 8.42 Å². The van der Waals surface area contributed by atoms with Gasteiger partial charge < -0.3 is 0 Å². The molecular formula is C16H28N4O2S. The quantitative estimate of drug-likeness (QED) is 0.810. The summed E-state index contributed by atoms with van der Waals surface area (Å²) in [5, 5.41) is 4.35. The van der Waals surface area contributed by atoms with Gasteiger partial charge in [-0.2, -0.15) is 5.10 Å². The van der Waals surface area contributed by atoms with Crippen molar-refractivity contribution in [2.75, 3.05) is 13.1 Å². The Morgan fingerprint density at radius 2 is 1.96 bits per heavy atom. The molecule has 0 radical (unpaired) electrons. The second-order valence-electron chi connectivity index (χ2n) is 6.79. The lowest BCUT2D eigenvalue weighted by Gasteiger charge is -2.17. The number of rotatable bonds is 7. The first kappa shape index (κ1) is 16.9. The van der Waals surface area contributed by atoms with Gasteiger partial charge in [-0.25, -0.2) is 13.1 Å². The second kappa shape index (κ2) is 6.53. The summed E-state index contributed by atoms with van der Waals surface area (Å²) in [4.78, 5) is 2.27. The smallest absolute Gasteiger partial charge is 0.216 e. The molecule has 0 spiro atoms. The Kier molecular flexibility index (Phi) is 4.80. The van der Waals surface area contributed by atoms with E-state index in [0.717, 1.165) is 50.9 Å². The summed E-state index contributed by atoms with van der Waals surface area (Å²) in [7, 11) is -1.16. The summed E-state index contributed by atoms with van der Waals surface area (Å²) in [5.74, 6) is 0. The largest absolute Gasteiger partial charge is 0.298 e. The number of hydrogen-bond acceptors (Lipinski definition) is 4. The van der Waals surface area contributed by atoms with Gasteiger partial charge in [-0.3, -0.25) is 9.58 Å². The van der Waals surface area contributed by atoms with Crippen molar-refractivity contribution in [2.24, 2.45) is 7.05 Å². The van der Waals surface area contributed by atoms with Crippen LogP contribution in [0, 0.1) is 0 Å². The zero-order chi connectivity index (χ0) is 16.6. The normalized spacial score (nSPS) is 22.8. The van der Waals surface area contributed by atoms with Crippen molar-refractivity contribution >= 4 is 10.0 Å². The van der Waals surface area contributed by atoms with Crippen molar-refractivity contribution in [3.8, 4) is 0 Å². The fourth-order valence-corrected chi connectivity index (χ4v) is 5.24. The van der Waals surface area contributed by atoms with Crippen LogP contribution in [0.1, 0.15) is 50.1 Å². The lowest BCUT2D eigenvalue weighted by Crippen LogP contribution is -2.37. The molecule has 1 saturated carbocycles.